The topological polar surface area (TPSA) is 59.1 Å². The number of carbonyl (C=O) groups excluding carboxylic acids is 2. The number of rotatable bonds is 31. The first-order valence-corrected chi connectivity index (χ1v) is 19.4. The minimum Gasteiger partial charge on any atom is -0.466 e. The maximum absolute atomic E-state index is 12.4. The van der Waals surface area contributed by atoms with E-state index < -0.39 is 0 Å². The molecule has 0 radical (unpaired) electrons. The van der Waals surface area contributed by atoms with Crippen LogP contribution in [0.1, 0.15) is 181 Å². The molecule has 44 heavy (non-hydrogen) atoms. The van der Waals surface area contributed by atoms with E-state index in [0.29, 0.717) is 25.6 Å². The van der Waals surface area contributed by atoms with Gasteiger partial charge in [0.2, 0.25) is 0 Å². The average Bonchev–Trinajstić information content (AvgIpc) is 3.51. The SMILES string of the molecule is CCCCCCCCCCCCCCN(CCCCCC(=O)OCCCCCCC)CCC1CCN(C(=O)OCCCC)C1. The summed E-state index contributed by atoms with van der Waals surface area (Å²) in [4.78, 5) is 29.0. The molecule has 6 heteroatoms. The number of ether oxygens (including phenoxy) is 2. The van der Waals surface area contributed by atoms with E-state index >= 15 is 0 Å². The molecule has 1 fully saturated rings. The lowest BCUT2D eigenvalue weighted by atomic mass is 10.0. The molecule has 0 saturated carbocycles. The number of hydrogen-bond donors (Lipinski definition) is 0. The van der Waals surface area contributed by atoms with Gasteiger partial charge in [0, 0.05) is 19.5 Å². The van der Waals surface area contributed by atoms with Crippen molar-refractivity contribution in [1.29, 1.82) is 0 Å². The van der Waals surface area contributed by atoms with Crippen LogP contribution in [0, 0.1) is 5.92 Å². The van der Waals surface area contributed by atoms with Crippen LogP contribution in [-0.4, -0.2) is 67.8 Å². The molecule has 1 amide bonds. The van der Waals surface area contributed by atoms with Crippen molar-refractivity contribution in [2.75, 3.05) is 45.9 Å². The molecular weight excluding hydrogens is 548 g/mol. The molecule has 6 nitrogen and oxygen atoms in total. The second kappa shape index (κ2) is 30.4. The van der Waals surface area contributed by atoms with Gasteiger partial charge in [-0.2, -0.15) is 0 Å². The predicted molar refractivity (Wildman–Crippen MR) is 186 cm³/mol. The van der Waals surface area contributed by atoms with Crippen LogP contribution in [0.25, 0.3) is 0 Å². The van der Waals surface area contributed by atoms with E-state index in [1.807, 2.05) is 4.90 Å². The van der Waals surface area contributed by atoms with Crippen LogP contribution in [-0.2, 0) is 14.3 Å². The molecule has 1 atom stereocenters. The molecule has 0 aromatic heterocycles. The van der Waals surface area contributed by atoms with Gasteiger partial charge >= 0.3 is 12.1 Å². The van der Waals surface area contributed by atoms with Crippen molar-refractivity contribution in [2.24, 2.45) is 5.92 Å². The molecule has 260 valence electrons. The van der Waals surface area contributed by atoms with Crippen LogP contribution in [0.15, 0.2) is 0 Å². The summed E-state index contributed by atoms with van der Waals surface area (Å²) in [6, 6.07) is 0. The van der Waals surface area contributed by atoms with Crippen LogP contribution in [0.5, 0.6) is 0 Å². The van der Waals surface area contributed by atoms with Crippen LogP contribution in [0.3, 0.4) is 0 Å². The Labute approximate surface area is 273 Å². The number of hydrogen-bond acceptors (Lipinski definition) is 5. The zero-order valence-corrected chi connectivity index (χ0v) is 29.7. The van der Waals surface area contributed by atoms with Gasteiger partial charge in [-0.25, -0.2) is 4.79 Å². The Morgan fingerprint density at radius 2 is 1.09 bits per heavy atom. The summed E-state index contributed by atoms with van der Waals surface area (Å²) in [5, 5.41) is 0. The number of unbranched alkanes of at least 4 members (excludes halogenated alkanes) is 18. The van der Waals surface area contributed by atoms with E-state index in [1.54, 1.807) is 0 Å². The van der Waals surface area contributed by atoms with Crippen molar-refractivity contribution in [1.82, 2.24) is 9.80 Å². The molecule has 1 saturated heterocycles. The van der Waals surface area contributed by atoms with E-state index in [0.717, 1.165) is 84.0 Å². The molecule has 1 aliphatic heterocycles. The average molecular weight is 623 g/mol. The molecular formula is C38H74N2O4. The van der Waals surface area contributed by atoms with Crippen molar-refractivity contribution < 1.29 is 19.1 Å². The Bertz CT molecular complexity index is 659. The molecule has 0 N–H and O–H groups in total. The van der Waals surface area contributed by atoms with Crippen molar-refractivity contribution in [2.45, 2.75) is 181 Å². The molecule has 1 rings (SSSR count). The predicted octanol–water partition coefficient (Wildman–Crippen LogP) is 10.7. The summed E-state index contributed by atoms with van der Waals surface area (Å²) in [5.74, 6) is 0.558. The van der Waals surface area contributed by atoms with Crippen LogP contribution < -0.4 is 0 Å². The van der Waals surface area contributed by atoms with Gasteiger partial charge in [0.15, 0.2) is 0 Å². The van der Waals surface area contributed by atoms with Crippen molar-refractivity contribution in [3.63, 3.8) is 0 Å². The molecule has 0 bridgehead atoms. The van der Waals surface area contributed by atoms with Crippen LogP contribution >= 0.6 is 0 Å². The standard InChI is InChI=1S/C38H74N2O4/c1-4-7-10-12-13-14-15-16-17-18-19-23-29-39(30-24-21-22-26-37(41)43-34-25-20-11-8-5-2)31-27-36-28-32-40(35-36)38(42)44-33-9-6-3/h36H,4-35H2,1-3H3. The Hall–Kier alpha value is -1.30. The van der Waals surface area contributed by atoms with Crippen LogP contribution in [0.2, 0.25) is 0 Å². The van der Waals surface area contributed by atoms with Crippen molar-refractivity contribution in [3.05, 3.63) is 0 Å². The van der Waals surface area contributed by atoms with Gasteiger partial charge in [-0.1, -0.05) is 130 Å². The Morgan fingerprint density at radius 3 is 1.68 bits per heavy atom. The second-order valence-corrected chi connectivity index (χ2v) is 13.5. The van der Waals surface area contributed by atoms with Gasteiger partial charge < -0.3 is 19.3 Å². The van der Waals surface area contributed by atoms with E-state index in [2.05, 4.69) is 25.7 Å². The number of nitrogens with zero attached hydrogens (tertiary/aromatic N) is 2. The fraction of sp³-hybridized carbons (Fsp3) is 0.947. The van der Waals surface area contributed by atoms with Gasteiger partial charge in [-0.05, 0) is 70.5 Å². The third kappa shape index (κ3) is 24.0. The first-order chi connectivity index (χ1) is 21.6. The summed E-state index contributed by atoms with van der Waals surface area (Å²) in [6.07, 6.45) is 30.4. The van der Waals surface area contributed by atoms with E-state index in [1.165, 1.54) is 103 Å². The summed E-state index contributed by atoms with van der Waals surface area (Å²) in [6.45, 7) is 12.8. The first kappa shape index (κ1) is 40.7. The maximum Gasteiger partial charge on any atom is 0.409 e. The minimum atomic E-state index is -0.121. The maximum atomic E-state index is 12.4. The highest BCUT2D eigenvalue weighted by atomic mass is 16.6. The van der Waals surface area contributed by atoms with E-state index in [4.69, 9.17) is 9.47 Å². The van der Waals surface area contributed by atoms with E-state index in [9.17, 15) is 9.59 Å². The Balaban J connectivity index is 2.27. The molecule has 0 aromatic rings. The molecule has 1 heterocycles. The van der Waals surface area contributed by atoms with Crippen molar-refractivity contribution in [3.8, 4) is 0 Å². The van der Waals surface area contributed by atoms with Gasteiger partial charge in [0.05, 0.1) is 13.2 Å². The molecule has 1 unspecified atom stereocenters. The fourth-order valence-corrected chi connectivity index (χ4v) is 6.25. The zero-order valence-electron chi connectivity index (χ0n) is 29.7. The highest BCUT2D eigenvalue weighted by Gasteiger charge is 2.27. The lowest BCUT2D eigenvalue weighted by molar-refractivity contribution is -0.143. The monoisotopic (exact) mass is 623 g/mol. The smallest absolute Gasteiger partial charge is 0.409 e. The normalized spacial score (nSPS) is 14.9. The summed E-state index contributed by atoms with van der Waals surface area (Å²) >= 11 is 0. The Morgan fingerprint density at radius 1 is 0.591 bits per heavy atom. The van der Waals surface area contributed by atoms with E-state index in [-0.39, 0.29) is 12.1 Å². The number of carbonyl (C=O) groups is 2. The third-order valence-corrected chi connectivity index (χ3v) is 9.32. The van der Waals surface area contributed by atoms with Crippen molar-refractivity contribution >= 4 is 12.1 Å². The molecule has 0 aliphatic carbocycles. The van der Waals surface area contributed by atoms with Gasteiger partial charge in [-0.15, -0.1) is 0 Å². The van der Waals surface area contributed by atoms with Crippen LogP contribution in [0.4, 0.5) is 4.79 Å². The zero-order chi connectivity index (χ0) is 31.9. The second-order valence-electron chi connectivity index (χ2n) is 13.5. The molecule has 1 aliphatic rings. The largest absolute Gasteiger partial charge is 0.466 e. The highest BCUT2D eigenvalue weighted by molar-refractivity contribution is 5.69. The summed E-state index contributed by atoms with van der Waals surface area (Å²) in [7, 11) is 0. The molecule has 0 spiro atoms. The number of amides is 1. The number of likely N-dealkylation sites (tertiary alicyclic amines) is 1. The molecule has 0 aromatic carbocycles. The van der Waals surface area contributed by atoms with Gasteiger partial charge in [0.1, 0.15) is 0 Å². The number of esters is 1. The Kier molecular flexibility index (Phi) is 28.1. The van der Waals surface area contributed by atoms with Gasteiger partial charge in [0.25, 0.3) is 0 Å². The third-order valence-electron chi connectivity index (χ3n) is 9.32. The lowest BCUT2D eigenvalue weighted by Crippen LogP contribution is -2.31. The fourth-order valence-electron chi connectivity index (χ4n) is 6.25. The van der Waals surface area contributed by atoms with Gasteiger partial charge in [-0.3, -0.25) is 4.79 Å². The first-order valence-electron chi connectivity index (χ1n) is 19.4. The quantitative estimate of drug-likeness (QED) is 0.0568. The lowest BCUT2D eigenvalue weighted by Gasteiger charge is -2.24. The minimum absolute atomic E-state index is 0.0205. The summed E-state index contributed by atoms with van der Waals surface area (Å²) in [5.41, 5.74) is 0. The highest BCUT2D eigenvalue weighted by Crippen LogP contribution is 2.21. The summed E-state index contributed by atoms with van der Waals surface area (Å²) < 4.78 is 10.9.